The lowest BCUT2D eigenvalue weighted by Gasteiger charge is -2.31. The Bertz CT molecular complexity index is 953. The average molecular weight is 427 g/mol. The molecule has 2 heterocycles. The first-order valence-corrected chi connectivity index (χ1v) is 10.3. The molecule has 0 saturated carbocycles. The summed E-state index contributed by atoms with van der Waals surface area (Å²) in [5, 5.41) is 11.5. The number of carbonyl (C=O) groups is 2. The molecule has 2 aliphatic heterocycles. The second-order valence-corrected chi connectivity index (χ2v) is 7.80. The molecule has 0 unspecified atom stereocenters. The number of Topliss-reactive ketones (excluding diaryl/α,β-unsaturated/α-hetero) is 1. The number of hydrogen-bond donors (Lipinski definition) is 1. The minimum atomic E-state index is -0.668. The number of carbonyl (C=O) groups excluding carboxylic acids is 2. The molecule has 30 heavy (non-hydrogen) atoms. The highest BCUT2D eigenvalue weighted by Gasteiger charge is 2.45. The standard InChI is InChI=1S/C23H23ClN2O4/c24-18-8-6-17(7-9-18)21(27)19-20(16-4-2-1-3-5-16)26(23(29)22(19)28)11-10-25-12-14-30-15-13-25/h1-9,20,27H,10-15H2/b21-19+/t20-/m0/s1. The SMILES string of the molecule is O=C1C(=O)N(CCN2CCOCC2)[C@@H](c2ccccc2)/C1=C(\O)c1ccc(Cl)cc1. The van der Waals surface area contributed by atoms with Crippen LogP contribution in [0.3, 0.4) is 0 Å². The van der Waals surface area contributed by atoms with E-state index in [1.165, 1.54) is 0 Å². The van der Waals surface area contributed by atoms with Crippen LogP contribution < -0.4 is 0 Å². The van der Waals surface area contributed by atoms with E-state index in [-0.39, 0.29) is 11.3 Å². The number of ketones is 1. The lowest BCUT2D eigenvalue weighted by atomic mass is 9.95. The van der Waals surface area contributed by atoms with Gasteiger partial charge < -0.3 is 14.7 Å². The first-order valence-electron chi connectivity index (χ1n) is 9.95. The van der Waals surface area contributed by atoms with Crippen molar-refractivity contribution in [3.63, 3.8) is 0 Å². The number of aliphatic hydroxyl groups is 1. The van der Waals surface area contributed by atoms with Crippen molar-refractivity contribution in [1.82, 2.24) is 9.80 Å². The van der Waals surface area contributed by atoms with Crippen LogP contribution in [0.15, 0.2) is 60.2 Å². The zero-order chi connectivity index (χ0) is 21.1. The Morgan fingerprint density at radius 2 is 1.67 bits per heavy atom. The van der Waals surface area contributed by atoms with Crippen molar-refractivity contribution in [2.75, 3.05) is 39.4 Å². The van der Waals surface area contributed by atoms with Crippen LogP contribution in [0.1, 0.15) is 17.2 Å². The van der Waals surface area contributed by atoms with Crippen LogP contribution in [-0.4, -0.2) is 66.0 Å². The average Bonchev–Trinajstić information content (AvgIpc) is 3.04. The predicted molar refractivity (Wildman–Crippen MR) is 114 cm³/mol. The topological polar surface area (TPSA) is 70.1 Å². The maximum atomic E-state index is 13.0. The van der Waals surface area contributed by atoms with Crippen molar-refractivity contribution in [1.29, 1.82) is 0 Å². The third-order valence-electron chi connectivity index (χ3n) is 5.53. The van der Waals surface area contributed by atoms with Crippen molar-refractivity contribution in [3.05, 3.63) is 76.3 Å². The Morgan fingerprint density at radius 1 is 1.00 bits per heavy atom. The van der Waals surface area contributed by atoms with Crippen LogP contribution in [0, 0.1) is 0 Å². The predicted octanol–water partition coefficient (Wildman–Crippen LogP) is 3.09. The molecule has 0 spiro atoms. The Balaban J connectivity index is 1.71. The van der Waals surface area contributed by atoms with E-state index >= 15 is 0 Å². The molecule has 0 radical (unpaired) electrons. The Hall–Kier alpha value is -2.67. The number of nitrogens with zero attached hydrogens (tertiary/aromatic N) is 2. The molecule has 1 N–H and O–H groups in total. The lowest BCUT2D eigenvalue weighted by Crippen LogP contribution is -2.42. The fraction of sp³-hybridized carbons (Fsp3) is 0.304. The van der Waals surface area contributed by atoms with Crippen LogP contribution in [0.4, 0.5) is 0 Å². The molecule has 0 bridgehead atoms. The van der Waals surface area contributed by atoms with Crippen LogP contribution in [0.25, 0.3) is 5.76 Å². The normalized spacial score (nSPS) is 21.9. The van der Waals surface area contributed by atoms with E-state index < -0.39 is 17.7 Å². The molecule has 1 amide bonds. The van der Waals surface area contributed by atoms with Gasteiger partial charge >= 0.3 is 0 Å². The molecular formula is C23H23ClN2O4. The second-order valence-electron chi connectivity index (χ2n) is 7.36. The summed E-state index contributed by atoms with van der Waals surface area (Å²) in [4.78, 5) is 29.7. The summed E-state index contributed by atoms with van der Waals surface area (Å²) >= 11 is 5.95. The molecule has 4 rings (SSSR count). The summed E-state index contributed by atoms with van der Waals surface area (Å²) in [6.45, 7) is 3.95. The van der Waals surface area contributed by atoms with Crippen molar-refractivity contribution >= 4 is 29.1 Å². The minimum Gasteiger partial charge on any atom is -0.507 e. The molecule has 7 heteroatoms. The van der Waals surface area contributed by atoms with Gasteiger partial charge in [-0.25, -0.2) is 0 Å². The van der Waals surface area contributed by atoms with Gasteiger partial charge in [0.2, 0.25) is 0 Å². The quantitative estimate of drug-likeness (QED) is 0.452. The highest BCUT2D eigenvalue weighted by atomic mass is 35.5. The van der Waals surface area contributed by atoms with Crippen LogP contribution in [-0.2, 0) is 14.3 Å². The number of rotatable bonds is 5. The monoisotopic (exact) mass is 426 g/mol. The maximum absolute atomic E-state index is 13.0. The van der Waals surface area contributed by atoms with E-state index in [0.29, 0.717) is 36.9 Å². The van der Waals surface area contributed by atoms with Gasteiger partial charge in [-0.2, -0.15) is 0 Å². The summed E-state index contributed by atoms with van der Waals surface area (Å²) in [7, 11) is 0. The maximum Gasteiger partial charge on any atom is 0.295 e. The first-order chi connectivity index (χ1) is 14.6. The number of benzene rings is 2. The number of halogens is 1. The van der Waals surface area contributed by atoms with Gasteiger partial charge in [0.1, 0.15) is 5.76 Å². The molecular weight excluding hydrogens is 404 g/mol. The van der Waals surface area contributed by atoms with Gasteiger partial charge in [-0.1, -0.05) is 41.9 Å². The molecule has 0 aliphatic carbocycles. The van der Waals surface area contributed by atoms with Crippen molar-refractivity contribution in [2.45, 2.75) is 6.04 Å². The Labute approximate surface area is 180 Å². The summed E-state index contributed by atoms with van der Waals surface area (Å²) in [5.41, 5.74) is 1.34. The Morgan fingerprint density at radius 3 is 2.33 bits per heavy atom. The third kappa shape index (κ3) is 4.12. The van der Waals surface area contributed by atoms with Gasteiger partial charge in [0.05, 0.1) is 24.8 Å². The van der Waals surface area contributed by atoms with E-state index in [0.717, 1.165) is 18.7 Å². The van der Waals surface area contributed by atoms with E-state index in [4.69, 9.17) is 16.3 Å². The van der Waals surface area contributed by atoms with Gasteiger partial charge in [0.25, 0.3) is 11.7 Å². The molecule has 6 nitrogen and oxygen atoms in total. The van der Waals surface area contributed by atoms with Crippen LogP contribution >= 0.6 is 11.6 Å². The zero-order valence-corrected chi connectivity index (χ0v) is 17.2. The number of ether oxygens (including phenoxy) is 1. The molecule has 1 atom stereocenters. The lowest BCUT2D eigenvalue weighted by molar-refractivity contribution is -0.140. The van der Waals surface area contributed by atoms with Gasteiger partial charge in [0.15, 0.2) is 0 Å². The largest absolute Gasteiger partial charge is 0.507 e. The number of likely N-dealkylation sites (tertiary alicyclic amines) is 1. The zero-order valence-electron chi connectivity index (χ0n) is 16.5. The van der Waals surface area contributed by atoms with Gasteiger partial charge in [0, 0.05) is 36.8 Å². The Kier molecular flexibility index (Phi) is 6.18. The van der Waals surface area contributed by atoms with Crippen molar-refractivity contribution in [2.24, 2.45) is 0 Å². The highest BCUT2D eigenvalue weighted by Crippen LogP contribution is 2.39. The first kappa shape index (κ1) is 20.6. The fourth-order valence-corrected chi connectivity index (χ4v) is 4.06. The number of morpholine rings is 1. The van der Waals surface area contributed by atoms with E-state index in [2.05, 4.69) is 4.90 Å². The summed E-state index contributed by atoms with van der Waals surface area (Å²) < 4.78 is 5.38. The summed E-state index contributed by atoms with van der Waals surface area (Å²) in [5.74, 6) is -1.45. The van der Waals surface area contributed by atoms with Crippen molar-refractivity contribution < 1.29 is 19.4 Å². The van der Waals surface area contributed by atoms with E-state index in [9.17, 15) is 14.7 Å². The number of hydrogen-bond acceptors (Lipinski definition) is 5. The van der Waals surface area contributed by atoms with Gasteiger partial charge in [-0.3, -0.25) is 14.5 Å². The fourth-order valence-electron chi connectivity index (χ4n) is 3.93. The van der Waals surface area contributed by atoms with E-state index in [1.54, 1.807) is 29.2 Å². The van der Waals surface area contributed by atoms with Crippen LogP contribution in [0.5, 0.6) is 0 Å². The highest BCUT2D eigenvalue weighted by molar-refractivity contribution is 6.46. The van der Waals surface area contributed by atoms with Crippen molar-refractivity contribution in [3.8, 4) is 0 Å². The van der Waals surface area contributed by atoms with Gasteiger partial charge in [-0.15, -0.1) is 0 Å². The third-order valence-corrected chi connectivity index (χ3v) is 5.79. The molecule has 0 aromatic heterocycles. The molecule has 2 saturated heterocycles. The molecule has 2 aliphatic rings. The summed E-state index contributed by atoms with van der Waals surface area (Å²) in [6.07, 6.45) is 0. The minimum absolute atomic E-state index is 0.107. The summed E-state index contributed by atoms with van der Waals surface area (Å²) in [6, 6.07) is 15.3. The molecule has 156 valence electrons. The molecule has 2 fully saturated rings. The molecule has 2 aromatic carbocycles. The number of amides is 1. The molecule has 2 aromatic rings. The van der Waals surface area contributed by atoms with Gasteiger partial charge in [-0.05, 0) is 29.8 Å². The van der Waals surface area contributed by atoms with Crippen LogP contribution in [0.2, 0.25) is 5.02 Å². The smallest absolute Gasteiger partial charge is 0.295 e. The van der Waals surface area contributed by atoms with E-state index in [1.807, 2.05) is 30.3 Å². The number of aliphatic hydroxyl groups excluding tert-OH is 1. The second kappa shape index (κ2) is 9.00.